The second-order valence-electron chi connectivity index (χ2n) is 11.1. The fourth-order valence-electron chi connectivity index (χ4n) is 6.42. The number of carbonyl (C=O) groups excluding carboxylic acids is 2. The van der Waals surface area contributed by atoms with E-state index in [0.717, 1.165) is 24.3 Å². The lowest BCUT2D eigenvalue weighted by Crippen LogP contribution is -2.44. The number of ether oxygens (including phenoxy) is 1. The summed E-state index contributed by atoms with van der Waals surface area (Å²) in [6, 6.07) is 15.7. The van der Waals surface area contributed by atoms with Crippen LogP contribution >= 0.6 is 0 Å². The number of nitrogens with zero attached hydrogens (tertiary/aromatic N) is 3. The van der Waals surface area contributed by atoms with Crippen molar-refractivity contribution < 1.29 is 18.7 Å². The molecule has 2 amide bonds. The van der Waals surface area contributed by atoms with Crippen molar-refractivity contribution in [3.8, 4) is 11.3 Å². The molecule has 198 valence electrons. The molecule has 0 bridgehead atoms. The number of rotatable bonds is 5. The number of benzene rings is 2. The minimum atomic E-state index is -0.684. The molecule has 2 aromatic carbocycles. The Morgan fingerprint density at radius 1 is 1.15 bits per heavy atom. The molecule has 39 heavy (non-hydrogen) atoms. The van der Waals surface area contributed by atoms with Crippen LogP contribution in [-0.2, 0) is 26.5 Å². The van der Waals surface area contributed by atoms with Gasteiger partial charge in [0.2, 0.25) is 11.8 Å². The molecule has 0 saturated carbocycles. The third kappa shape index (κ3) is 3.95. The van der Waals surface area contributed by atoms with Gasteiger partial charge in [-0.15, -0.1) is 0 Å². The van der Waals surface area contributed by atoms with E-state index in [1.165, 1.54) is 5.56 Å². The molecule has 0 aliphatic carbocycles. The standard InChI is InChI=1S/C30H28FN5O3/c1-29-17-36(16-18-2-4-19(5-3-18)24-10-12-33-35-24)13-11-30(29,39-29)23-7-8-25-22(27(23)31)14-20(15-32-25)21-6-9-26(37)34-28(21)38/h2-5,7-8,10,12,14-15,21H,6,9,11,13,16-17H2,1H3,(H,33,35)(H,34,37,38). The van der Waals surface area contributed by atoms with E-state index in [1.54, 1.807) is 24.5 Å². The van der Waals surface area contributed by atoms with Gasteiger partial charge in [-0.05, 0) is 54.7 Å². The molecule has 2 N–H and O–H groups in total. The molecular weight excluding hydrogens is 497 g/mol. The first-order valence-electron chi connectivity index (χ1n) is 13.3. The predicted molar refractivity (Wildman–Crippen MR) is 142 cm³/mol. The van der Waals surface area contributed by atoms with Gasteiger partial charge in [0.05, 0.1) is 17.1 Å². The number of epoxide rings is 1. The highest BCUT2D eigenvalue weighted by molar-refractivity contribution is 6.01. The molecule has 3 fully saturated rings. The van der Waals surface area contributed by atoms with E-state index in [9.17, 15) is 9.59 Å². The molecular formula is C30H28FN5O3. The molecule has 4 aromatic rings. The number of piperidine rings is 2. The van der Waals surface area contributed by atoms with Crippen LogP contribution in [0.4, 0.5) is 4.39 Å². The molecule has 5 heterocycles. The molecule has 0 radical (unpaired) electrons. The van der Waals surface area contributed by atoms with E-state index in [1.807, 2.05) is 12.1 Å². The van der Waals surface area contributed by atoms with Crippen LogP contribution in [0.2, 0.25) is 0 Å². The van der Waals surface area contributed by atoms with Gasteiger partial charge in [-0.25, -0.2) is 4.39 Å². The summed E-state index contributed by atoms with van der Waals surface area (Å²) in [4.78, 5) is 30.7. The summed E-state index contributed by atoms with van der Waals surface area (Å²) >= 11 is 0. The number of imide groups is 1. The predicted octanol–water partition coefficient (Wildman–Crippen LogP) is 4.17. The van der Waals surface area contributed by atoms with Crippen LogP contribution in [0, 0.1) is 5.82 Å². The maximum absolute atomic E-state index is 16.1. The van der Waals surface area contributed by atoms with E-state index < -0.39 is 17.1 Å². The monoisotopic (exact) mass is 525 g/mol. The average molecular weight is 526 g/mol. The highest BCUT2D eigenvalue weighted by Crippen LogP contribution is 2.61. The molecule has 3 atom stereocenters. The Morgan fingerprint density at radius 3 is 2.74 bits per heavy atom. The Kier molecular flexibility index (Phi) is 5.43. The summed E-state index contributed by atoms with van der Waals surface area (Å²) in [6.45, 7) is 4.32. The fourth-order valence-corrected chi connectivity index (χ4v) is 6.42. The van der Waals surface area contributed by atoms with Crippen molar-refractivity contribution in [3.05, 3.63) is 83.4 Å². The number of hydrogen-bond acceptors (Lipinski definition) is 6. The quantitative estimate of drug-likeness (QED) is 0.299. The minimum Gasteiger partial charge on any atom is -0.356 e. The van der Waals surface area contributed by atoms with E-state index in [2.05, 4.69) is 56.6 Å². The van der Waals surface area contributed by atoms with Gasteiger partial charge in [-0.1, -0.05) is 30.3 Å². The molecule has 9 heteroatoms. The average Bonchev–Trinajstić information content (AvgIpc) is 3.24. The highest BCUT2D eigenvalue weighted by atomic mass is 19.1. The second kappa shape index (κ2) is 8.79. The van der Waals surface area contributed by atoms with Crippen molar-refractivity contribution in [2.45, 2.75) is 49.9 Å². The number of likely N-dealkylation sites (tertiary alicyclic amines) is 1. The lowest BCUT2D eigenvalue weighted by atomic mass is 9.80. The van der Waals surface area contributed by atoms with Crippen molar-refractivity contribution in [3.63, 3.8) is 0 Å². The minimum absolute atomic E-state index is 0.261. The highest BCUT2D eigenvalue weighted by Gasteiger charge is 2.70. The SMILES string of the molecule is CC12CN(Cc3ccc(-c4ccn[nH]4)cc3)CCC1(c1ccc3ncc(C4CCC(=O)NC4=O)cc3c1F)O2. The fraction of sp³-hybridized carbons (Fsp3) is 0.333. The molecule has 3 saturated heterocycles. The molecule has 7 rings (SSSR count). The first-order valence-corrected chi connectivity index (χ1v) is 13.3. The van der Waals surface area contributed by atoms with Gasteiger partial charge < -0.3 is 4.74 Å². The van der Waals surface area contributed by atoms with Gasteiger partial charge in [0, 0.05) is 49.4 Å². The van der Waals surface area contributed by atoms with Crippen LogP contribution in [0.25, 0.3) is 22.2 Å². The van der Waals surface area contributed by atoms with Crippen molar-refractivity contribution in [2.24, 2.45) is 0 Å². The topological polar surface area (TPSA) is 104 Å². The van der Waals surface area contributed by atoms with Gasteiger partial charge in [0.15, 0.2) is 0 Å². The van der Waals surface area contributed by atoms with E-state index in [4.69, 9.17) is 4.74 Å². The van der Waals surface area contributed by atoms with Crippen LogP contribution < -0.4 is 5.32 Å². The third-order valence-electron chi connectivity index (χ3n) is 8.59. The molecule has 8 nitrogen and oxygen atoms in total. The Morgan fingerprint density at radius 2 is 2.00 bits per heavy atom. The van der Waals surface area contributed by atoms with Crippen LogP contribution in [0.5, 0.6) is 0 Å². The number of carbonyl (C=O) groups is 2. The first kappa shape index (κ1) is 24.1. The number of halogens is 1. The van der Waals surface area contributed by atoms with Crippen LogP contribution in [0.15, 0.2) is 60.9 Å². The molecule has 3 aliphatic heterocycles. The summed E-state index contributed by atoms with van der Waals surface area (Å²) < 4.78 is 22.5. The summed E-state index contributed by atoms with van der Waals surface area (Å²) in [5, 5.41) is 9.75. The summed E-state index contributed by atoms with van der Waals surface area (Å²) in [7, 11) is 0. The number of hydrogen-bond donors (Lipinski definition) is 2. The number of fused-ring (bicyclic) bond motifs is 2. The van der Waals surface area contributed by atoms with Gasteiger partial charge in [-0.3, -0.25) is 29.9 Å². The zero-order valence-electron chi connectivity index (χ0n) is 21.5. The number of pyridine rings is 1. The maximum atomic E-state index is 16.1. The van der Waals surface area contributed by atoms with Crippen molar-refractivity contribution >= 4 is 22.7 Å². The Bertz CT molecular complexity index is 1610. The second-order valence-corrected chi connectivity index (χ2v) is 11.1. The zero-order valence-corrected chi connectivity index (χ0v) is 21.5. The van der Waals surface area contributed by atoms with Crippen LogP contribution in [0.1, 0.15) is 48.8 Å². The number of aromatic nitrogens is 3. The van der Waals surface area contributed by atoms with Crippen molar-refractivity contribution in [2.75, 3.05) is 13.1 Å². The van der Waals surface area contributed by atoms with Crippen molar-refractivity contribution in [1.29, 1.82) is 0 Å². The lowest BCUT2D eigenvalue weighted by molar-refractivity contribution is -0.134. The van der Waals surface area contributed by atoms with E-state index in [-0.39, 0.29) is 24.1 Å². The molecule has 3 unspecified atom stereocenters. The van der Waals surface area contributed by atoms with Gasteiger partial charge in [-0.2, -0.15) is 5.10 Å². The van der Waals surface area contributed by atoms with Gasteiger partial charge >= 0.3 is 0 Å². The molecule has 2 aromatic heterocycles. The van der Waals surface area contributed by atoms with Crippen molar-refractivity contribution in [1.82, 2.24) is 25.4 Å². The van der Waals surface area contributed by atoms with Crippen LogP contribution in [-0.4, -0.2) is 50.6 Å². The Balaban J connectivity index is 1.11. The number of nitrogens with one attached hydrogen (secondary N) is 2. The molecule has 0 spiro atoms. The third-order valence-corrected chi connectivity index (χ3v) is 8.59. The summed E-state index contributed by atoms with van der Waals surface area (Å²) in [5.74, 6) is -1.50. The van der Waals surface area contributed by atoms with Gasteiger partial charge in [0.1, 0.15) is 17.0 Å². The van der Waals surface area contributed by atoms with Gasteiger partial charge in [0.25, 0.3) is 0 Å². The number of aromatic amines is 1. The normalized spacial score (nSPS) is 26.9. The summed E-state index contributed by atoms with van der Waals surface area (Å²) in [6.07, 6.45) is 4.69. The maximum Gasteiger partial charge on any atom is 0.234 e. The summed E-state index contributed by atoms with van der Waals surface area (Å²) in [5.41, 5.74) is 3.80. The van der Waals surface area contributed by atoms with E-state index >= 15 is 4.39 Å². The Labute approximate surface area is 224 Å². The van der Waals surface area contributed by atoms with E-state index in [0.29, 0.717) is 41.4 Å². The number of amides is 2. The smallest absolute Gasteiger partial charge is 0.234 e. The number of H-pyrrole nitrogens is 1. The first-order chi connectivity index (χ1) is 18.8. The molecule has 3 aliphatic rings. The van der Waals surface area contributed by atoms with Crippen LogP contribution in [0.3, 0.4) is 0 Å². The Hall–Kier alpha value is -3.95. The largest absolute Gasteiger partial charge is 0.356 e. The zero-order chi connectivity index (χ0) is 26.8. The lowest BCUT2D eigenvalue weighted by Gasteiger charge is -2.33.